The number of ketones is 3. The first kappa shape index (κ1) is 53.5. The lowest BCUT2D eigenvalue weighted by Crippen LogP contribution is -2.63. The van der Waals surface area contributed by atoms with Crippen LogP contribution in [0.15, 0.2) is 78.1 Å². The fraction of sp³-hybridized carbons (Fsp3) is 0.489. The molecule has 1 aromatic heterocycles. The fourth-order valence-electron chi connectivity index (χ4n) is 7.96. The van der Waals surface area contributed by atoms with Gasteiger partial charge in [-0.05, 0) is 74.1 Å². The number of nitrogens with zero attached hydrogens (tertiary/aromatic N) is 3. The van der Waals surface area contributed by atoms with Crippen molar-refractivity contribution in [3.8, 4) is 0 Å². The number of hydrogen-bond donors (Lipinski definition) is 6. The van der Waals surface area contributed by atoms with Crippen molar-refractivity contribution in [2.75, 3.05) is 6.54 Å². The van der Waals surface area contributed by atoms with Gasteiger partial charge in [0.25, 0.3) is 21.8 Å². The van der Waals surface area contributed by atoms with Crippen LogP contribution in [0.3, 0.4) is 0 Å². The SMILES string of the molecule is CC[C@H](C)[C@H](N)C(=O)C(C[C@@](N)(C(=O)C(=O)N(CC(=O)NC(=O)[C@H](CC(C)C)NC(=O)c1cnccn1)S(=O)(=O)c1cccc(C(=O)NCc2ccccc2)c1)C1CCCCC1)C(=O)[C@H](C)N. The number of carbonyl (C=O) groups is 8. The van der Waals surface area contributed by atoms with E-state index >= 15 is 0 Å². The Balaban J connectivity index is 1.79. The zero-order valence-electron chi connectivity index (χ0n) is 38.6. The van der Waals surface area contributed by atoms with Crippen LogP contribution in [0.1, 0.15) is 112 Å². The summed E-state index contributed by atoms with van der Waals surface area (Å²) in [4.78, 5) is 119. The molecule has 5 amide bonds. The summed E-state index contributed by atoms with van der Waals surface area (Å²) in [5.41, 5.74) is 17.5. The highest BCUT2D eigenvalue weighted by Gasteiger charge is 2.52. The Morgan fingerprint density at radius 1 is 0.866 bits per heavy atom. The van der Waals surface area contributed by atoms with Gasteiger partial charge in [0.05, 0.1) is 34.6 Å². The summed E-state index contributed by atoms with van der Waals surface area (Å²) in [7, 11) is -5.29. The standard InChI is InChI=1S/C47H63N9O10S/c1-6-29(4)39(49)41(59)35(40(58)30(5)48)24-47(50,33-17-11-8-12-18-33)42(60)46(64)56(27-38(57)55-44(62)36(22-28(2)3)54-45(63)37-26-51-20-21-52-37)67(65,66)34-19-13-16-32(23-34)43(61)53-25-31-14-9-7-10-15-31/h7,9-10,13-16,19-21,23,26,28-30,33,35-36,39H,6,8,11-12,17-18,22,24-25,27,48-50H2,1-5H3,(H,53,61)(H,54,63)(H,55,57,62)/t29-,30-,35?,36-,39-,47-/m0/s1. The molecule has 1 unspecified atom stereocenters. The maximum atomic E-state index is 15.0. The van der Waals surface area contributed by atoms with E-state index in [4.69, 9.17) is 17.2 Å². The van der Waals surface area contributed by atoms with E-state index in [0.29, 0.717) is 19.3 Å². The molecule has 362 valence electrons. The molecule has 1 heterocycles. The highest BCUT2D eigenvalue weighted by Crippen LogP contribution is 2.38. The molecule has 4 rings (SSSR count). The van der Waals surface area contributed by atoms with Gasteiger partial charge in [-0.15, -0.1) is 0 Å². The second-order valence-corrected chi connectivity index (χ2v) is 19.5. The van der Waals surface area contributed by atoms with Crippen LogP contribution in [0.4, 0.5) is 0 Å². The van der Waals surface area contributed by atoms with Crippen LogP contribution < -0.4 is 33.2 Å². The lowest BCUT2D eigenvalue weighted by atomic mass is 9.66. The van der Waals surface area contributed by atoms with E-state index in [0.717, 1.165) is 30.3 Å². The van der Waals surface area contributed by atoms with Crippen molar-refractivity contribution in [3.63, 3.8) is 0 Å². The van der Waals surface area contributed by atoms with Crippen LogP contribution in [-0.2, 0) is 45.3 Å². The van der Waals surface area contributed by atoms with Gasteiger partial charge < -0.3 is 27.8 Å². The lowest BCUT2D eigenvalue weighted by Gasteiger charge is -2.41. The van der Waals surface area contributed by atoms with Crippen LogP contribution in [0, 0.1) is 23.7 Å². The van der Waals surface area contributed by atoms with Gasteiger partial charge in [0.1, 0.15) is 18.3 Å². The maximum Gasteiger partial charge on any atom is 0.306 e. The van der Waals surface area contributed by atoms with Gasteiger partial charge in [-0.25, -0.2) is 17.7 Å². The Labute approximate surface area is 391 Å². The molecule has 19 nitrogen and oxygen atoms in total. The number of carbonyl (C=O) groups excluding carboxylic acids is 8. The van der Waals surface area contributed by atoms with E-state index in [1.54, 1.807) is 58.0 Å². The number of nitrogens with one attached hydrogen (secondary N) is 3. The van der Waals surface area contributed by atoms with Crippen molar-refractivity contribution in [2.45, 2.75) is 121 Å². The predicted molar refractivity (Wildman–Crippen MR) is 247 cm³/mol. The lowest BCUT2D eigenvalue weighted by molar-refractivity contribution is -0.148. The van der Waals surface area contributed by atoms with Gasteiger partial charge in [0.2, 0.25) is 17.6 Å². The summed E-state index contributed by atoms with van der Waals surface area (Å²) in [6.07, 6.45) is 5.84. The summed E-state index contributed by atoms with van der Waals surface area (Å²) >= 11 is 0. The van der Waals surface area contributed by atoms with Crippen LogP contribution in [0.2, 0.25) is 0 Å². The topological polar surface area (TPSA) is 314 Å². The van der Waals surface area contributed by atoms with Crippen LogP contribution in [0.5, 0.6) is 0 Å². The third kappa shape index (κ3) is 14.0. The average Bonchev–Trinajstić information content (AvgIpc) is 3.32. The maximum absolute atomic E-state index is 15.0. The summed E-state index contributed by atoms with van der Waals surface area (Å²) in [5, 5.41) is 7.22. The Morgan fingerprint density at radius 2 is 1.54 bits per heavy atom. The highest BCUT2D eigenvalue weighted by atomic mass is 32.2. The molecule has 1 fully saturated rings. The van der Waals surface area contributed by atoms with Gasteiger partial charge in [0.15, 0.2) is 11.6 Å². The molecule has 1 aliphatic carbocycles. The normalized spacial score (nSPS) is 16.3. The molecule has 20 heteroatoms. The smallest absolute Gasteiger partial charge is 0.306 e. The monoisotopic (exact) mass is 945 g/mol. The summed E-state index contributed by atoms with van der Waals surface area (Å²) in [6, 6.07) is 9.63. The third-order valence-electron chi connectivity index (χ3n) is 12.1. The van der Waals surface area contributed by atoms with Gasteiger partial charge in [-0.2, -0.15) is 0 Å². The number of imide groups is 1. The van der Waals surface area contributed by atoms with E-state index in [2.05, 4.69) is 20.6 Å². The van der Waals surface area contributed by atoms with E-state index in [1.807, 2.05) is 5.32 Å². The molecule has 0 spiro atoms. The van der Waals surface area contributed by atoms with Crippen LogP contribution in [-0.4, -0.2) is 99.8 Å². The number of amides is 5. The zero-order valence-corrected chi connectivity index (χ0v) is 39.4. The second kappa shape index (κ2) is 24.1. The Hall–Kier alpha value is -6.09. The molecule has 3 aromatic rings. The number of nitrogens with two attached hydrogens (primary N) is 3. The molecule has 1 saturated carbocycles. The minimum atomic E-state index is -5.29. The molecule has 2 aromatic carbocycles. The molecule has 6 atom stereocenters. The number of benzene rings is 2. The fourth-order valence-corrected chi connectivity index (χ4v) is 9.32. The minimum Gasteiger partial charge on any atom is -0.348 e. The summed E-state index contributed by atoms with van der Waals surface area (Å²) in [6.45, 7) is 6.96. The molecule has 0 radical (unpaired) electrons. The summed E-state index contributed by atoms with van der Waals surface area (Å²) in [5.74, 6) is -12.0. The highest BCUT2D eigenvalue weighted by molar-refractivity contribution is 7.89. The third-order valence-corrected chi connectivity index (χ3v) is 13.8. The predicted octanol–water partition coefficient (Wildman–Crippen LogP) is 2.12. The van der Waals surface area contributed by atoms with Crippen molar-refractivity contribution < 1.29 is 46.8 Å². The minimum absolute atomic E-state index is 0.00146. The quantitative estimate of drug-likeness (QED) is 0.0586. The van der Waals surface area contributed by atoms with E-state index in [-0.39, 0.29) is 47.3 Å². The van der Waals surface area contributed by atoms with E-state index < -0.39 is 116 Å². The van der Waals surface area contributed by atoms with Crippen LogP contribution >= 0.6 is 0 Å². The van der Waals surface area contributed by atoms with Crippen molar-refractivity contribution in [1.82, 2.24) is 30.2 Å². The Bertz CT molecular complexity index is 2380. The van der Waals surface area contributed by atoms with Crippen molar-refractivity contribution in [1.29, 1.82) is 0 Å². The van der Waals surface area contributed by atoms with E-state index in [1.165, 1.54) is 31.5 Å². The van der Waals surface area contributed by atoms with Gasteiger partial charge in [0, 0.05) is 24.5 Å². The number of aromatic nitrogens is 2. The van der Waals surface area contributed by atoms with Crippen molar-refractivity contribution in [2.24, 2.45) is 40.9 Å². The van der Waals surface area contributed by atoms with E-state index in [9.17, 15) is 46.8 Å². The second-order valence-electron chi connectivity index (χ2n) is 17.6. The van der Waals surface area contributed by atoms with Gasteiger partial charge >= 0.3 is 5.91 Å². The number of rotatable bonds is 23. The molecule has 0 saturated heterocycles. The first-order chi connectivity index (χ1) is 31.6. The molecule has 0 aliphatic heterocycles. The zero-order chi connectivity index (χ0) is 49.6. The first-order valence-corrected chi connectivity index (χ1v) is 23.9. The van der Waals surface area contributed by atoms with Crippen molar-refractivity contribution >= 4 is 56.9 Å². The first-order valence-electron chi connectivity index (χ1n) is 22.4. The number of hydrogen-bond acceptors (Lipinski definition) is 15. The number of Topliss-reactive ketones (excluding diaryl/α,β-unsaturated/α-hetero) is 3. The molecular weight excluding hydrogens is 883 g/mol. The molecule has 1 aliphatic rings. The van der Waals surface area contributed by atoms with Crippen molar-refractivity contribution in [3.05, 3.63) is 90.0 Å². The largest absolute Gasteiger partial charge is 0.348 e. The molecule has 9 N–H and O–H groups in total. The average molecular weight is 946 g/mol. The number of sulfonamides is 1. The summed E-state index contributed by atoms with van der Waals surface area (Å²) < 4.78 is 29.5. The van der Waals surface area contributed by atoms with Crippen LogP contribution in [0.25, 0.3) is 0 Å². The van der Waals surface area contributed by atoms with Gasteiger partial charge in [-0.3, -0.25) is 48.7 Å². The molecular formula is C47H63N9O10S. The Morgan fingerprint density at radius 3 is 2.13 bits per heavy atom. The Kier molecular flexibility index (Phi) is 19.2. The van der Waals surface area contributed by atoms with Gasteiger partial charge in [-0.1, -0.05) is 89.8 Å². The molecule has 0 bridgehead atoms. The molecule has 67 heavy (non-hydrogen) atoms.